The standard InChI is InChI=1S/C18H20N4OS2/c1-21(12-14-7-4-3-5-8-14)17(23)13-25-18-20-19-16(22(18)2)11-15-9-6-10-24-15/h3-10H,11-13H2,1-2H3. The van der Waals surface area contributed by atoms with Gasteiger partial charge in [-0.1, -0.05) is 48.2 Å². The summed E-state index contributed by atoms with van der Waals surface area (Å²) in [4.78, 5) is 15.3. The number of hydrogen-bond acceptors (Lipinski definition) is 5. The number of nitrogens with zero attached hydrogens (tertiary/aromatic N) is 4. The van der Waals surface area contributed by atoms with E-state index in [1.165, 1.54) is 16.6 Å². The fourth-order valence-electron chi connectivity index (χ4n) is 2.38. The topological polar surface area (TPSA) is 51.0 Å². The Morgan fingerprint density at radius 1 is 1.20 bits per heavy atom. The van der Waals surface area contributed by atoms with E-state index in [-0.39, 0.29) is 5.91 Å². The summed E-state index contributed by atoms with van der Waals surface area (Å²) in [5.41, 5.74) is 1.13. The first-order valence-electron chi connectivity index (χ1n) is 7.95. The Morgan fingerprint density at radius 3 is 2.72 bits per heavy atom. The molecule has 2 heterocycles. The van der Waals surface area contributed by atoms with E-state index in [0.29, 0.717) is 12.3 Å². The van der Waals surface area contributed by atoms with Crippen LogP contribution in [0.2, 0.25) is 0 Å². The summed E-state index contributed by atoms with van der Waals surface area (Å²) >= 11 is 3.14. The summed E-state index contributed by atoms with van der Waals surface area (Å²) in [6.07, 6.45) is 0.767. The molecule has 0 bridgehead atoms. The van der Waals surface area contributed by atoms with E-state index < -0.39 is 0 Å². The lowest BCUT2D eigenvalue weighted by molar-refractivity contribution is -0.127. The van der Waals surface area contributed by atoms with Crippen molar-refractivity contribution in [1.82, 2.24) is 19.7 Å². The largest absolute Gasteiger partial charge is 0.341 e. The van der Waals surface area contributed by atoms with E-state index in [2.05, 4.69) is 21.6 Å². The highest BCUT2D eigenvalue weighted by molar-refractivity contribution is 7.99. The van der Waals surface area contributed by atoms with Crippen LogP contribution in [0.3, 0.4) is 0 Å². The second-order valence-electron chi connectivity index (χ2n) is 5.74. The van der Waals surface area contributed by atoms with Crippen LogP contribution in [-0.2, 0) is 24.8 Å². The van der Waals surface area contributed by atoms with Crippen LogP contribution < -0.4 is 0 Å². The van der Waals surface area contributed by atoms with E-state index in [0.717, 1.165) is 23.0 Å². The summed E-state index contributed by atoms with van der Waals surface area (Å²) in [6, 6.07) is 14.1. The van der Waals surface area contributed by atoms with Gasteiger partial charge < -0.3 is 9.47 Å². The van der Waals surface area contributed by atoms with Crippen molar-refractivity contribution in [3.63, 3.8) is 0 Å². The molecule has 7 heteroatoms. The molecule has 0 aliphatic rings. The highest BCUT2D eigenvalue weighted by atomic mass is 32.2. The smallest absolute Gasteiger partial charge is 0.233 e. The minimum atomic E-state index is 0.0802. The van der Waals surface area contributed by atoms with Crippen LogP contribution in [-0.4, -0.2) is 38.4 Å². The van der Waals surface area contributed by atoms with Crippen molar-refractivity contribution in [2.45, 2.75) is 18.1 Å². The lowest BCUT2D eigenvalue weighted by atomic mass is 10.2. The third-order valence-electron chi connectivity index (χ3n) is 3.85. The van der Waals surface area contributed by atoms with Crippen LogP contribution in [0.5, 0.6) is 0 Å². The van der Waals surface area contributed by atoms with E-state index in [1.54, 1.807) is 16.2 Å². The molecular formula is C18H20N4OS2. The van der Waals surface area contributed by atoms with Crippen molar-refractivity contribution in [3.05, 3.63) is 64.1 Å². The number of benzene rings is 1. The van der Waals surface area contributed by atoms with E-state index in [1.807, 2.05) is 55.1 Å². The van der Waals surface area contributed by atoms with E-state index in [4.69, 9.17) is 0 Å². The second-order valence-corrected chi connectivity index (χ2v) is 7.71. The maximum Gasteiger partial charge on any atom is 0.233 e. The molecule has 0 radical (unpaired) electrons. The third kappa shape index (κ3) is 4.70. The molecule has 0 saturated carbocycles. The van der Waals surface area contributed by atoms with Gasteiger partial charge in [-0.2, -0.15) is 0 Å². The maximum atomic E-state index is 12.3. The van der Waals surface area contributed by atoms with Gasteiger partial charge in [0.2, 0.25) is 5.91 Å². The zero-order valence-electron chi connectivity index (χ0n) is 14.3. The normalized spacial score (nSPS) is 10.8. The van der Waals surface area contributed by atoms with Crippen LogP contribution in [0.25, 0.3) is 0 Å². The SMILES string of the molecule is CN(Cc1ccccc1)C(=O)CSc1nnc(Cc2cccs2)n1C. The summed E-state index contributed by atoms with van der Waals surface area (Å²) < 4.78 is 1.97. The lowest BCUT2D eigenvalue weighted by Crippen LogP contribution is -2.27. The molecule has 0 aliphatic heterocycles. The molecule has 0 aliphatic carbocycles. The molecule has 0 fully saturated rings. The van der Waals surface area contributed by atoms with Gasteiger partial charge in [0.25, 0.3) is 0 Å². The summed E-state index contributed by atoms with van der Waals surface area (Å²) in [6.45, 7) is 0.614. The fourth-order valence-corrected chi connectivity index (χ4v) is 3.95. The number of amides is 1. The Hall–Kier alpha value is -2.12. The van der Waals surface area contributed by atoms with Crippen molar-refractivity contribution >= 4 is 29.0 Å². The molecule has 0 spiro atoms. The first kappa shape index (κ1) is 17.7. The Morgan fingerprint density at radius 2 is 2.00 bits per heavy atom. The minimum Gasteiger partial charge on any atom is -0.341 e. The van der Waals surface area contributed by atoms with Gasteiger partial charge in [-0.15, -0.1) is 21.5 Å². The molecule has 3 rings (SSSR count). The lowest BCUT2D eigenvalue weighted by Gasteiger charge is -2.16. The molecule has 0 atom stereocenters. The molecule has 2 aromatic heterocycles. The molecule has 1 amide bonds. The summed E-state index contributed by atoms with van der Waals surface area (Å²) in [5.74, 6) is 1.35. The fraction of sp³-hybridized carbons (Fsp3) is 0.278. The quantitative estimate of drug-likeness (QED) is 0.598. The van der Waals surface area contributed by atoms with Crippen LogP contribution >= 0.6 is 23.1 Å². The van der Waals surface area contributed by atoms with Crippen LogP contribution in [0, 0.1) is 0 Å². The average Bonchev–Trinajstić information content (AvgIpc) is 3.25. The van der Waals surface area contributed by atoms with E-state index >= 15 is 0 Å². The van der Waals surface area contributed by atoms with Gasteiger partial charge in [0.1, 0.15) is 5.82 Å². The predicted octanol–water partition coefficient (Wildman–Crippen LogP) is 3.22. The predicted molar refractivity (Wildman–Crippen MR) is 102 cm³/mol. The number of hydrogen-bond donors (Lipinski definition) is 0. The number of aromatic nitrogens is 3. The Balaban J connectivity index is 1.54. The average molecular weight is 373 g/mol. The van der Waals surface area contributed by atoms with E-state index in [9.17, 15) is 4.79 Å². The molecule has 1 aromatic carbocycles. The van der Waals surface area contributed by atoms with Gasteiger partial charge in [0.05, 0.1) is 5.75 Å². The van der Waals surface area contributed by atoms with Gasteiger partial charge in [-0.05, 0) is 17.0 Å². The Labute approximate surface area is 155 Å². The van der Waals surface area contributed by atoms with Crippen LogP contribution in [0.15, 0.2) is 53.0 Å². The number of thiophene rings is 1. The second kappa shape index (κ2) is 8.31. The van der Waals surface area contributed by atoms with Crippen molar-refractivity contribution in [2.24, 2.45) is 7.05 Å². The highest BCUT2D eigenvalue weighted by Gasteiger charge is 2.14. The highest BCUT2D eigenvalue weighted by Crippen LogP contribution is 2.19. The third-order valence-corrected chi connectivity index (χ3v) is 5.73. The van der Waals surface area contributed by atoms with Crippen molar-refractivity contribution in [2.75, 3.05) is 12.8 Å². The molecular weight excluding hydrogens is 352 g/mol. The molecule has 5 nitrogen and oxygen atoms in total. The van der Waals surface area contributed by atoms with Crippen molar-refractivity contribution in [1.29, 1.82) is 0 Å². The first-order chi connectivity index (χ1) is 12.1. The number of thioether (sulfide) groups is 1. The molecule has 0 saturated heterocycles. The zero-order chi connectivity index (χ0) is 17.6. The molecule has 0 N–H and O–H groups in total. The first-order valence-corrected chi connectivity index (χ1v) is 9.81. The maximum absolute atomic E-state index is 12.3. The Kier molecular flexibility index (Phi) is 5.88. The minimum absolute atomic E-state index is 0.0802. The van der Waals surface area contributed by atoms with Gasteiger partial charge in [0, 0.05) is 31.9 Å². The van der Waals surface area contributed by atoms with Crippen LogP contribution in [0.1, 0.15) is 16.3 Å². The number of rotatable bonds is 7. The van der Waals surface area contributed by atoms with Gasteiger partial charge >= 0.3 is 0 Å². The van der Waals surface area contributed by atoms with Crippen LogP contribution in [0.4, 0.5) is 0 Å². The van der Waals surface area contributed by atoms with Gasteiger partial charge in [-0.25, -0.2) is 0 Å². The molecule has 3 aromatic rings. The monoisotopic (exact) mass is 372 g/mol. The number of carbonyl (C=O) groups excluding carboxylic acids is 1. The Bertz CT molecular complexity index is 815. The van der Waals surface area contributed by atoms with Gasteiger partial charge in [-0.3, -0.25) is 4.79 Å². The summed E-state index contributed by atoms with van der Waals surface area (Å²) in [5, 5.41) is 11.3. The van der Waals surface area contributed by atoms with Gasteiger partial charge in [0.15, 0.2) is 5.16 Å². The van der Waals surface area contributed by atoms with Crippen molar-refractivity contribution < 1.29 is 4.79 Å². The molecule has 25 heavy (non-hydrogen) atoms. The molecule has 130 valence electrons. The summed E-state index contributed by atoms with van der Waals surface area (Å²) in [7, 11) is 3.78. The number of carbonyl (C=O) groups is 1. The van der Waals surface area contributed by atoms with Crippen molar-refractivity contribution in [3.8, 4) is 0 Å². The zero-order valence-corrected chi connectivity index (χ0v) is 15.9. The molecule has 0 unspecified atom stereocenters.